The Hall–Kier alpha value is -3.12. The molecule has 0 saturated carbocycles. The minimum Gasteiger partial charge on any atom is -0.335 e. The zero-order valence-corrected chi connectivity index (χ0v) is 22.6. The second-order valence-corrected chi connectivity index (χ2v) is 11.1. The first kappa shape index (κ1) is 25.5. The first-order valence-electron chi connectivity index (χ1n) is 13.9. The lowest BCUT2D eigenvalue weighted by atomic mass is 10.1. The van der Waals surface area contributed by atoms with E-state index in [2.05, 4.69) is 60.7 Å². The van der Waals surface area contributed by atoms with E-state index in [1.807, 2.05) is 28.0 Å². The van der Waals surface area contributed by atoms with Crippen molar-refractivity contribution in [1.82, 2.24) is 14.4 Å². The molecule has 6 nitrogen and oxygen atoms in total. The molecular weight excluding hydrogens is 460 g/mol. The number of amides is 2. The molecule has 0 radical (unpaired) electrons. The number of aromatic nitrogens is 1. The van der Waals surface area contributed by atoms with Crippen molar-refractivity contribution in [1.29, 1.82) is 0 Å². The fourth-order valence-electron chi connectivity index (χ4n) is 5.99. The highest BCUT2D eigenvalue weighted by molar-refractivity contribution is 5.94. The number of likely N-dealkylation sites (N-methyl/N-ethyl adjacent to an activating group) is 1. The largest absolute Gasteiger partial charge is 0.335 e. The Bertz CT molecular complexity index is 1280. The van der Waals surface area contributed by atoms with Gasteiger partial charge in [0.05, 0.1) is 0 Å². The maximum atomic E-state index is 13.9. The van der Waals surface area contributed by atoms with Gasteiger partial charge in [0, 0.05) is 54.9 Å². The van der Waals surface area contributed by atoms with Crippen molar-refractivity contribution in [3.63, 3.8) is 0 Å². The van der Waals surface area contributed by atoms with E-state index >= 15 is 0 Å². The van der Waals surface area contributed by atoms with Crippen molar-refractivity contribution >= 4 is 28.4 Å². The molecule has 5 rings (SSSR count). The topological polar surface area (TPSA) is 48.8 Å². The lowest BCUT2D eigenvalue weighted by Crippen LogP contribution is -2.39. The van der Waals surface area contributed by atoms with E-state index in [0.29, 0.717) is 38.5 Å². The maximum Gasteiger partial charge on any atom is 0.242 e. The second kappa shape index (κ2) is 11.1. The summed E-state index contributed by atoms with van der Waals surface area (Å²) in [5.41, 5.74) is 5.91. The van der Waals surface area contributed by atoms with E-state index in [9.17, 15) is 9.59 Å². The van der Waals surface area contributed by atoms with Crippen molar-refractivity contribution in [3.05, 3.63) is 65.4 Å². The summed E-state index contributed by atoms with van der Waals surface area (Å²) in [6, 6.07) is 16.7. The zero-order valence-electron chi connectivity index (χ0n) is 22.6. The molecular formula is C31H40N4O2. The Balaban J connectivity index is 1.46. The van der Waals surface area contributed by atoms with Crippen LogP contribution in [0.1, 0.15) is 49.9 Å². The molecule has 0 N–H and O–H groups in total. The van der Waals surface area contributed by atoms with Crippen molar-refractivity contribution in [2.75, 3.05) is 38.1 Å². The highest BCUT2D eigenvalue weighted by Crippen LogP contribution is 2.33. The number of hydrogen-bond donors (Lipinski definition) is 0. The Morgan fingerprint density at radius 2 is 1.65 bits per heavy atom. The standard InChI is InChI=1S/C31H40N4O2/c1-23(2)20-30(36)34-17-9-16-32(3)18-19-33(21-24-10-4-6-13-27(24)34)31(37)22-35-28-14-7-5-11-25(28)26-12-8-15-29(26)35/h4-7,10-11,13-14,23H,8-9,12,15-22H2,1-3H3. The van der Waals surface area contributed by atoms with Gasteiger partial charge < -0.3 is 19.3 Å². The summed E-state index contributed by atoms with van der Waals surface area (Å²) in [7, 11) is 2.11. The third-order valence-electron chi connectivity index (χ3n) is 7.88. The summed E-state index contributed by atoms with van der Waals surface area (Å²) < 4.78 is 2.26. The number of anilines is 1. The number of rotatable bonds is 4. The minimum absolute atomic E-state index is 0.137. The molecule has 0 saturated heterocycles. The van der Waals surface area contributed by atoms with Gasteiger partial charge in [0.1, 0.15) is 6.54 Å². The van der Waals surface area contributed by atoms with Gasteiger partial charge in [0.15, 0.2) is 0 Å². The van der Waals surface area contributed by atoms with E-state index in [0.717, 1.165) is 50.0 Å². The van der Waals surface area contributed by atoms with Gasteiger partial charge in [-0.3, -0.25) is 9.59 Å². The van der Waals surface area contributed by atoms with Crippen LogP contribution in [0.15, 0.2) is 48.5 Å². The molecule has 0 fully saturated rings. The molecule has 37 heavy (non-hydrogen) atoms. The highest BCUT2D eigenvalue weighted by Gasteiger charge is 2.26. The second-order valence-electron chi connectivity index (χ2n) is 11.1. The lowest BCUT2D eigenvalue weighted by Gasteiger charge is -2.28. The molecule has 1 aliphatic carbocycles. The fraction of sp³-hybridized carbons (Fsp3) is 0.484. The third kappa shape index (κ3) is 5.45. The molecule has 1 aromatic heterocycles. The average Bonchev–Trinajstić information content (AvgIpc) is 3.46. The predicted octanol–water partition coefficient (Wildman–Crippen LogP) is 4.87. The van der Waals surface area contributed by atoms with Crippen LogP contribution >= 0.6 is 0 Å². The van der Waals surface area contributed by atoms with Crippen LogP contribution in [0.4, 0.5) is 5.69 Å². The van der Waals surface area contributed by atoms with E-state index in [1.165, 1.54) is 22.2 Å². The lowest BCUT2D eigenvalue weighted by molar-refractivity contribution is -0.132. The van der Waals surface area contributed by atoms with Crippen molar-refractivity contribution in [3.8, 4) is 0 Å². The molecule has 0 bridgehead atoms. The van der Waals surface area contributed by atoms with Gasteiger partial charge in [-0.25, -0.2) is 0 Å². The monoisotopic (exact) mass is 500 g/mol. The van der Waals surface area contributed by atoms with E-state index < -0.39 is 0 Å². The Labute approximate surface area is 220 Å². The average molecular weight is 501 g/mol. The van der Waals surface area contributed by atoms with Gasteiger partial charge in [-0.05, 0) is 68.5 Å². The molecule has 1 aliphatic heterocycles. The number of carbonyl (C=O) groups excluding carboxylic acids is 2. The number of benzene rings is 2. The summed E-state index contributed by atoms with van der Waals surface area (Å²) in [5.74, 6) is 0.603. The van der Waals surface area contributed by atoms with Crippen molar-refractivity contribution in [2.24, 2.45) is 5.92 Å². The van der Waals surface area contributed by atoms with E-state index in [-0.39, 0.29) is 11.8 Å². The van der Waals surface area contributed by atoms with E-state index in [1.54, 1.807) is 0 Å². The fourth-order valence-corrected chi connectivity index (χ4v) is 5.99. The maximum absolute atomic E-state index is 13.9. The molecule has 6 heteroatoms. The number of fused-ring (bicyclic) bond motifs is 4. The molecule has 2 amide bonds. The van der Waals surface area contributed by atoms with E-state index in [4.69, 9.17) is 0 Å². The molecule has 196 valence electrons. The number of hydrogen-bond acceptors (Lipinski definition) is 3. The van der Waals surface area contributed by atoms with Crippen LogP contribution in [0.2, 0.25) is 0 Å². The molecule has 2 aromatic carbocycles. The Morgan fingerprint density at radius 1 is 0.865 bits per heavy atom. The Kier molecular flexibility index (Phi) is 7.65. The van der Waals surface area contributed by atoms with Crippen LogP contribution in [0.3, 0.4) is 0 Å². The summed E-state index contributed by atoms with van der Waals surface area (Å²) in [5, 5.41) is 1.30. The number of carbonyl (C=O) groups is 2. The molecule has 0 atom stereocenters. The van der Waals surface area contributed by atoms with Crippen molar-refractivity contribution < 1.29 is 9.59 Å². The quantitative estimate of drug-likeness (QED) is 0.513. The minimum atomic E-state index is 0.137. The van der Waals surface area contributed by atoms with Crippen LogP contribution < -0.4 is 4.90 Å². The summed E-state index contributed by atoms with van der Waals surface area (Å²) in [6.45, 7) is 8.13. The number of para-hydroxylation sites is 2. The van der Waals surface area contributed by atoms with Crippen LogP contribution in [-0.2, 0) is 35.5 Å². The summed E-state index contributed by atoms with van der Waals surface area (Å²) in [6.07, 6.45) is 4.73. The normalized spacial score (nSPS) is 17.1. The molecule has 0 spiro atoms. The number of nitrogens with zero attached hydrogens (tertiary/aromatic N) is 4. The SMILES string of the molecule is CC(C)CC(=O)N1CCCN(C)CCN(C(=O)Cn2c3c(c4ccccc42)CCC3)Cc2ccccc21. The third-order valence-corrected chi connectivity index (χ3v) is 7.88. The predicted molar refractivity (Wildman–Crippen MR) is 150 cm³/mol. The smallest absolute Gasteiger partial charge is 0.242 e. The highest BCUT2D eigenvalue weighted by atomic mass is 16.2. The zero-order chi connectivity index (χ0) is 25.9. The van der Waals surface area contributed by atoms with Crippen LogP contribution in [0.25, 0.3) is 10.9 Å². The summed E-state index contributed by atoms with van der Waals surface area (Å²) in [4.78, 5) is 33.5. The first-order chi connectivity index (χ1) is 17.9. The van der Waals surface area contributed by atoms with Gasteiger partial charge in [-0.2, -0.15) is 0 Å². The van der Waals surface area contributed by atoms with Gasteiger partial charge in [0.2, 0.25) is 11.8 Å². The van der Waals surface area contributed by atoms with Gasteiger partial charge in [-0.1, -0.05) is 50.2 Å². The molecule has 0 unspecified atom stereocenters. The van der Waals surface area contributed by atoms with Crippen LogP contribution in [0.5, 0.6) is 0 Å². The first-order valence-corrected chi connectivity index (χ1v) is 13.9. The van der Waals surface area contributed by atoms with Gasteiger partial charge in [-0.15, -0.1) is 0 Å². The summed E-state index contributed by atoms with van der Waals surface area (Å²) >= 11 is 0. The molecule has 2 heterocycles. The number of aryl methyl sites for hydroxylation is 1. The van der Waals surface area contributed by atoms with Crippen LogP contribution in [0, 0.1) is 5.92 Å². The Morgan fingerprint density at radius 3 is 2.49 bits per heavy atom. The van der Waals surface area contributed by atoms with Crippen molar-refractivity contribution in [2.45, 2.75) is 59.0 Å². The van der Waals surface area contributed by atoms with Crippen LogP contribution in [-0.4, -0.2) is 59.4 Å². The van der Waals surface area contributed by atoms with Gasteiger partial charge in [0.25, 0.3) is 0 Å². The molecule has 2 aliphatic rings. The molecule has 3 aromatic rings. The van der Waals surface area contributed by atoms with Gasteiger partial charge >= 0.3 is 0 Å².